The van der Waals surface area contributed by atoms with E-state index in [0.717, 1.165) is 10.8 Å². The third-order valence-electron chi connectivity index (χ3n) is 3.73. The van der Waals surface area contributed by atoms with Gasteiger partial charge in [-0.05, 0) is 24.3 Å². The Kier molecular flexibility index (Phi) is 5.10. The fourth-order valence-electron chi connectivity index (χ4n) is 2.41. The van der Waals surface area contributed by atoms with Crippen molar-refractivity contribution in [3.8, 4) is 5.75 Å². The molecule has 0 bridgehead atoms. The van der Waals surface area contributed by atoms with Crippen LogP contribution in [0.15, 0.2) is 47.4 Å². The molecule has 136 valence electrons. The molecule has 0 unspecified atom stereocenters. The summed E-state index contributed by atoms with van der Waals surface area (Å²) < 4.78 is 25.6. The number of anilines is 1. The van der Waals surface area contributed by atoms with Gasteiger partial charge in [-0.1, -0.05) is 12.1 Å². The SMILES string of the molecule is COc1cccc(C(=O)Nc2nc(=O)n([C@H]3C=C[C@@H](CO)O3)cc2F)c1. The van der Waals surface area contributed by atoms with Crippen molar-refractivity contribution in [2.24, 2.45) is 0 Å². The molecule has 0 spiro atoms. The van der Waals surface area contributed by atoms with E-state index in [1.165, 1.54) is 25.3 Å². The normalized spacial score (nSPS) is 18.7. The average Bonchev–Trinajstić information content (AvgIpc) is 3.13. The topological polar surface area (TPSA) is 103 Å². The molecule has 0 radical (unpaired) electrons. The number of nitrogens with zero attached hydrogens (tertiary/aromatic N) is 2. The summed E-state index contributed by atoms with van der Waals surface area (Å²) in [5, 5.41) is 11.3. The fraction of sp³-hybridized carbons (Fsp3) is 0.235. The van der Waals surface area contributed by atoms with E-state index in [0.29, 0.717) is 5.75 Å². The van der Waals surface area contributed by atoms with Crippen molar-refractivity contribution in [2.45, 2.75) is 12.3 Å². The maximum absolute atomic E-state index is 14.3. The molecule has 0 aliphatic carbocycles. The first-order valence-electron chi connectivity index (χ1n) is 7.70. The number of carbonyl (C=O) groups is 1. The number of benzene rings is 1. The van der Waals surface area contributed by atoms with Gasteiger partial charge in [-0.15, -0.1) is 0 Å². The van der Waals surface area contributed by atoms with Crippen molar-refractivity contribution >= 4 is 11.7 Å². The predicted octanol–water partition coefficient (Wildman–Crippen LogP) is 1.09. The first kappa shape index (κ1) is 17.8. The van der Waals surface area contributed by atoms with Gasteiger partial charge in [0.2, 0.25) is 0 Å². The molecular formula is C17H16FN3O5. The molecule has 1 aromatic carbocycles. The first-order chi connectivity index (χ1) is 12.5. The van der Waals surface area contributed by atoms with Crippen LogP contribution in [0.25, 0.3) is 0 Å². The summed E-state index contributed by atoms with van der Waals surface area (Å²) in [6.07, 6.45) is 2.53. The van der Waals surface area contributed by atoms with E-state index in [1.54, 1.807) is 18.2 Å². The molecule has 0 saturated carbocycles. The van der Waals surface area contributed by atoms with Gasteiger partial charge in [-0.25, -0.2) is 9.18 Å². The minimum atomic E-state index is -0.898. The number of aliphatic hydroxyl groups is 1. The van der Waals surface area contributed by atoms with E-state index >= 15 is 0 Å². The molecule has 3 rings (SSSR count). The summed E-state index contributed by atoms with van der Waals surface area (Å²) in [6.45, 7) is -0.258. The number of amides is 1. The van der Waals surface area contributed by atoms with Crippen molar-refractivity contribution in [2.75, 3.05) is 19.0 Å². The van der Waals surface area contributed by atoms with Crippen LogP contribution in [0.3, 0.4) is 0 Å². The Hall–Kier alpha value is -3.04. The van der Waals surface area contributed by atoms with Crippen molar-refractivity contribution < 1.29 is 23.8 Å². The number of ether oxygens (including phenoxy) is 2. The lowest BCUT2D eigenvalue weighted by molar-refractivity contribution is -0.0106. The van der Waals surface area contributed by atoms with Gasteiger partial charge in [0.1, 0.15) is 11.9 Å². The van der Waals surface area contributed by atoms with Crippen molar-refractivity contribution in [1.82, 2.24) is 9.55 Å². The van der Waals surface area contributed by atoms with Crippen LogP contribution < -0.4 is 15.7 Å². The number of methoxy groups -OCH3 is 1. The molecule has 2 aromatic rings. The van der Waals surface area contributed by atoms with Crippen LogP contribution in [-0.4, -0.2) is 40.4 Å². The molecule has 0 saturated heterocycles. The third kappa shape index (κ3) is 3.63. The number of rotatable bonds is 5. The standard InChI is InChI=1S/C17H16FN3O5/c1-25-11-4-2-3-10(7-11)16(23)19-15-13(18)8-21(17(24)20-15)14-6-5-12(9-22)26-14/h2-8,12,14,22H,9H2,1H3,(H,19,20,23,24)/t12-,14+/m0/s1. The number of aliphatic hydroxyl groups excluding tert-OH is 1. The van der Waals surface area contributed by atoms with Crippen LogP contribution in [0.2, 0.25) is 0 Å². The predicted molar refractivity (Wildman–Crippen MR) is 89.5 cm³/mol. The fourth-order valence-corrected chi connectivity index (χ4v) is 2.41. The second kappa shape index (κ2) is 7.46. The molecule has 2 N–H and O–H groups in total. The average molecular weight is 361 g/mol. The van der Waals surface area contributed by atoms with E-state index in [9.17, 15) is 14.0 Å². The van der Waals surface area contributed by atoms with Gasteiger partial charge in [-0.3, -0.25) is 9.36 Å². The summed E-state index contributed by atoms with van der Waals surface area (Å²) >= 11 is 0. The second-order valence-electron chi connectivity index (χ2n) is 5.45. The van der Waals surface area contributed by atoms with Gasteiger partial charge in [-0.2, -0.15) is 4.98 Å². The first-order valence-corrected chi connectivity index (χ1v) is 7.70. The van der Waals surface area contributed by atoms with E-state index in [2.05, 4.69) is 10.3 Å². The molecule has 1 aliphatic rings. The number of hydrogen-bond donors (Lipinski definition) is 2. The van der Waals surface area contributed by atoms with E-state index in [-0.39, 0.29) is 12.2 Å². The zero-order chi connectivity index (χ0) is 18.7. The summed E-state index contributed by atoms with van der Waals surface area (Å²) in [6, 6.07) is 6.26. The largest absolute Gasteiger partial charge is 0.497 e. The minimum Gasteiger partial charge on any atom is -0.497 e. The molecule has 26 heavy (non-hydrogen) atoms. The maximum atomic E-state index is 14.3. The monoisotopic (exact) mass is 361 g/mol. The summed E-state index contributed by atoms with van der Waals surface area (Å²) in [5.41, 5.74) is -0.580. The smallest absolute Gasteiger partial charge is 0.352 e. The molecule has 0 fully saturated rings. The van der Waals surface area contributed by atoms with Crippen molar-refractivity contribution in [3.05, 3.63) is 64.5 Å². The van der Waals surface area contributed by atoms with Crippen LogP contribution >= 0.6 is 0 Å². The Labute approximate surface area is 147 Å². The zero-order valence-electron chi connectivity index (χ0n) is 13.8. The molecule has 8 nitrogen and oxygen atoms in total. The Balaban J connectivity index is 1.81. The molecule has 2 heterocycles. The number of aromatic nitrogens is 2. The molecule has 9 heteroatoms. The van der Waals surface area contributed by atoms with E-state index in [4.69, 9.17) is 14.6 Å². The third-order valence-corrected chi connectivity index (χ3v) is 3.73. The molecule has 1 amide bonds. The van der Waals surface area contributed by atoms with Crippen molar-refractivity contribution in [1.29, 1.82) is 0 Å². The molecule has 1 aromatic heterocycles. The van der Waals surface area contributed by atoms with Crippen LogP contribution in [-0.2, 0) is 4.74 Å². The second-order valence-corrected chi connectivity index (χ2v) is 5.45. The van der Waals surface area contributed by atoms with E-state index < -0.39 is 35.6 Å². The highest BCUT2D eigenvalue weighted by Gasteiger charge is 2.23. The Morgan fingerprint density at radius 3 is 2.96 bits per heavy atom. The van der Waals surface area contributed by atoms with Crippen LogP contribution in [0.1, 0.15) is 16.6 Å². The number of hydrogen-bond acceptors (Lipinski definition) is 6. The van der Waals surface area contributed by atoms with Gasteiger partial charge < -0.3 is 19.9 Å². The number of carbonyl (C=O) groups excluding carboxylic acids is 1. The molecule has 2 atom stereocenters. The number of nitrogens with one attached hydrogen (secondary N) is 1. The molecular weight excluding hydrogens is 345 g/mol. The maximum Gasteiger partial charge on any atom is 0.352 e. The quantitative estimate of drug-likeness (QED) is 0.773. The van der Waals surface area contributed by atoms with Gasteiger partial charge in [0.05, 0.1) is 19.9 Å². The zero-order valence-corrected chi connectivity index (χ0v) is 13.8. The van der Waals surface area contributed by atoms with E-state index in [1.807, 2.05) is 0 Å². The van der Waals surface area contributed by atoms with Crippen LogP contribution in [0.4, 0.5) is 10.2 Å². The minimum absolute atomic E-state index is 0.225. The highest BCUT2D eigenvalue weighted by molar-refractivity contribution is 6.04. The molecule has 1 aliphatic heterocycles. The van der Waals surface area contributed by atoms with Crippen LogP contribution in [0, 0.1) is 5.82 Å². The Bertz CT molecular complexity index is 912. The Morgan fingerprint density at radius 2 is 2.27 bits per heavy atom. The lowest BCUT2D eigenvalue weighted by atomic mass is 10.2. The summed E-state index contributed by atoms with van der Waals surface area (Å²) in [5.74, 6) is -1.56. The van der Waals surface area contributed by atoms with Crippen LogP contribution in [0.5, 0.6) is 5.75 Å². The van der Waals surface area contributed by atoms with Gasteiger partial charge in [0.15, 0.2) is 17.9 Å². The Morgan fingerprint density at radius 1 is 1.46 bits per heavy atom. The highest BCUT2D eigenvalue weighted by atomic mass is 19.1. The van der Waals surface area contributed by atoms with Gasteiger partial charge >= 0.3 is 5.69 Å². The summed E-state index contributed by atoms with van der Waals surface area (Å²) in [4.78, 5) is 27.9. The summed E-state index contributed by atoms with van der Waals surface area (Å²) in [7, 11) is 1.46. The van der Waals surface area contributed by atoms with Gasteiger partial charge in [0.25, 0.3) is 5.91 Å². The highest BCUT2D eigenvalue weighted by Crippen LogP contribution is 2.21. The lowest BCUT2D eigenvalue weighted by Crippen LogP contribution is -2.30. The van der Waals surface area contributed by atoms with Crippen molar-refractivity contribution in [3.63, 3.8) is 0 Å². The lowest BCUT2D eigenvalue weighted by Gasteiger charge is -2.15. The number of halogens is 1. The van der Waals surface area contributed by atoms with Gasteiger partial charge in [0, 0.05) is 5.56 Å².